The van der Waals surface area contributed by atoms with Crippen molar-refractivity contribution in [3.05, 3.63) is 65.7 Å². The van der Waals surface area contributed by atoms with E-state index < -0.39 is 6.09 Å². The van der Waals surface area contributed by atoms with Crippen molar-refractivity contribution in [1.82, 2.24) is 0 Å². The summed E-state index contributed by atoms with van der Waals surface area (Å²) in [6.45, 7) is 0. The number of rotatable bonds is 2. The molecule has 1 atom stereocenters. The topological polar surface area (TPSA) is 38.3 Å². The summed E-state index contributed by atoms with van der Waals surface area (Å²) in [7, 11) is 0. The molecule has 0 heterocycles. The number of benzene rings is 2. The lowest BCUT2D eigenvalue weighted by Gasteiger charge is -2.25. The molecule has 1 unspecified atom stereocenters. The van der Waals surface area contributed by atoms with Gasteiger partial charge in [0.15, 0.2) is 0 Å². The first-order chi connectivity index (χ1) is 9.83. The van der Waals surface area contributed by atoms with Gasteiger partial charge in [-0.1, -0.05) is 42.5 Å². The van der Waals surface area contributed by atoms with Crippen LogP contribution in [0.5, 0.6) is 0 Å². The van der Waals surface area contributed by atoms with Crippen LogP contribution in [-0.2, 0) is 11.2 Å². The minimum atomic E-state index is -0.391. The fourth-order valence-electron chi connectivity index (χ4n) is 2.63. The third kappa shape index (κ3) is 2.82. The Morgan fingerprint density at radius 1 is 1.05 bits per heavy atom. The smallest absolute Gasteiger partial charge is 0.412 e. The molecule has 1 aliphatic rings. The van der Waals surface area contributed by atoms with E-state index in [1.165, 1.54) is 5.56 Å². The van der Waals surface area contributed by atoms with Crippen molar-refractivity contribution in [3.63, 3.8) is 0 Å². The molecule has 1 N–H and O–H groups in total. The predicted molar refractivity (Wildman–Crippen MR) is 78.7 cm³/mol. The minimum absolute atomic E-state index is 0.135. The maximum absolute atomic E-state index is 12.0. The van der Waals surface area contributed by atoms with Crippen LogP contribution in [0.15, 0.2) is 54.6 Å². The zero-order valence-corrected chi connectivity index (χ0v) is 11.2. The van der Waals surface area contributed by atoms with Gasteiger partial charge in [0.1, 0.15) is 6.10 Å². The molecule has 1 amide bonds. The number of hydrogen-bond acceptors (Lipinski definition) is 2. The van der Waals surface area contributed by atoms with Crippen molar-refractivity contribution >= 4 is 11.8 Å². The molecule has 0 radical (unpaired) electrons. The number of carbonyl (C=O) groups excluding carboxylic acids is 1. The molecule has 3 rings (SSSR count). The van der Waals surface area contributed by atoms with Gasteiger partial charge in [-0.3, -0.25) is 5.32 Å². The molecule has 0 spiro atoms. The molecule has 0 saturated carbocycles. The number of carbonyl (C=O) groups is 1. The van der Waals surface area contributed by atoms with Crippen molar-refractivity contribution in [2.45, 2.75) is 25.4 Å². The second-order valence-electron chi connectivity index (χ2n) is 4.98. The van der Waals surface area contributed by atoms with Crippen molar-refractivity contribution in [2.24, 2.45) is 0 Å². The van der Waals surface area contributed by atoms with Gasteiger partial charge in [0.05, 0.1) is 0 Å². The molecule has 0 fully saturated rings. The number of fused-ring (bicyclic) bond motifs is 1. The number of para-hydroxylation sites is 1. The summed E-state index contributed by atoms with van der Waals surface area (Å²) in [5.41, 5.74) is 3.18. The Hall–Kier alpha value is -2.29. The Morgan fingerprint density at radius 2 is 1.80 bits per heavy atom. The predicted octanol–water partition coefficient (Wildman–Crippen LogP) is 4.31. The normalized spacial score (nSPS) is 17.1. The molecule has 3 heteroatoms. The van der Waals surface area contributed by atoms with E-state index in [-0.39, 0.29) is 6.10 Å². The largest absolute Gasteiger partial charge is 0.441 e. The highest BCUT2D eigenvalue weighted by atomic mass is 16.6. The highest BCUT2D eigenvalue weighted by molar-refractivity contribution is 5.84. The Bertz CT molecular complexity index is 595. The molecule has 3 nitrogen and oxygen atoms in total. The van der Waals surface area contributed by atoms with Crippen molar-refractivity contribution in [2.75, 3.05) is 5.32 Å². The number of ether oxygens (including phenoxy) is 1. The summed E-state index contributed by atoms with van der Waals surface area (Å²) in [5, 5.41) is 2.76. The van der Waals surface area contributed by atoms with Crippen molar-refractivity contribution in [3.8, 4) is 0 Å². The molecule has 102 valence electrons. The van der Waals surface area contributed by atoms with Crippen LogP contribution in [0.2, 0.25) is 0 Å². The van der Waals surface area contributed by atoms with Gasteiger partial charge >= 0.3 is 6.09 Å². The summed E-state index contributed by atoms with van der Waals surface area (Å²) in [6.07, 6.45) is 2.48. The molecule has 2 aromatic carbocycles. The van der Waals surface area contributed by atoms with Gasteiger partial charge in [0, 0.05) is 5.69 Å². The SMILES string of the molecule is O=C(Nc1ccccc1)OC1CCCc2ccccc21. The monoisotopic (exact) mass is 267 g/mol. The molecular formula is C17H17NO2. The first-order valence-corrected chi connectivity index (χ1v) is 6.93. The first-order valence-electron chi connectivity index (χ1n) is 6.93. The van der Waals surface area contributed by atoms with Crippen LogP contribution < -0.4 is 5.32 Å². The van der Waals surface area contributed by atoms with Gasteiger partial charge < -0.3 is 4.74 Å². The number of aryl methyl sites for hydroxylation is 1. The maximum Gasteiger partial charge on any atom is 0.412 e. The van der Waals surface area contributed by atoms with Gasteiger partial charge in [-0.05, 0) is 42.5 Å². The summed E-state index contributed by atoms with van der Waals surface area (Å²) in [4.78, 5) is 12.0. The Balaban J connectivity index is 1.68. The molecule has 0 bridgehead atoms. The van der Waals surface area contributed by atoms with E-state index in [4.69, 9.17) is 4.74 Å². The van der Waals surface area contributed by atoms with E-state index in [9.17, 15) is 4.79 Å². The van der Waals surface area contributed by atoms with Crippen LogP contribution in [0.1, 0.15) is 30.1 Å². The van der Waals surface area contributed by atoms with E-state index in [2.05, 4.69) is 17.4 Å². The number of amides is 1. The quantitative estimate of drug-likeness (QED) is 0.880. The van der Waals surface area contributed by atoms with Crippen molar-refractivity contribution in [1.29, 1.82) is 0 Å². The van der Waals surface area contributed by atoms with Crippen molar-refractivity contribution < 1.29 is 9.53 Å². The zero-order valence-electron chi connectivity index (χ0n) is 11.2. The highest BCUT2D eigenvalue weighted by Gasteiger charge is 2.23. The Labute approximate surface area is 118 Å². The number of anilines is 1. The lowest BCUT2D eigenvalue weighted by Crippen LogP contribution is -2.20. The molecule has 0 aliphatic heterocycles. The highest BCUT2D eigenvalue weighted by Crippen LogP contribution is 2.32. The van der Waals surface area contributed by atoms with E-state index >= 15 is 0 Å². The van der Waals surface area contributed by atoms with Gasteiger partial charge in [-0.15, -0.1) is 0 Å². The van der Waals surface area contributed by atoms with E-state index in [0.29, 0.717) is 0 Å². The van der Waals surface area contributed by atoms with Crippen LogP contribution in [-0.4, -0.2) is 6.09 Å². The standard InChI is InChI=1S/C17H17NO2/c19-17(18-14-9-2-1-3-10-14)20-16-12-6-8-13-7-4-5-11-15(13)16/h1-5,7,9-11,16H,6,8,12H2,(H,18,19). The number of hydrogen-bond donors (Lipinski definition) is 1. The molecular weight excluding hydrogens is 250 g/mol. The fraction of sp³-hybridized carbons (Fsp3) is 0.235. The second kappa shape index (κ2) is 5.78. The molecule has 1 aliphatic carbocycles. The van der Waals surface area contributed by atoms with Crippen LogP contribution in [0.4, 0.5) is 10.5 Å². The van der Waals surface area contributed by atoms with Crippen LogP contribution in [0, 0.1) is 0 Å². The second-order valence-corrected chi connectivity index (χ2v) is 4.98. The van der Waals surface area contributed by atoms with E-state index in [1.54, 1.807) is 0 Å². The molecule has 2 aromatic rings. The third-order valence-electron chi connectivity index (χ3n) is 3.58. The average Bonchev–Trinajstić information content (AvgIpc) is 2.48. The minimum Gasteiger partial charge on any atom is -0.441 e. The fourth-order valence-corrected chi connectivity index (χ4v) is 2.63. The summed E-state index contributed by atoms with van der Waals surface area (Å²) in [5.74, 6) is 0. The Kier molecular flexibility index (Phi) is 3.68. The average molecular weight is 267 g/mol. The number of nitrogens with one attached hydrogen (secondary N) is 1. The van der Waals surface area contributed by atoms with Crippen LogP contribution in [0.3, 0.4) is 0 Å². The maximum atomic E-state index is 12.0. The van der Waals surface area contributed by atoms with Crippen LogP contribution >= 0.6 is 0 Å². The summed E-state index contributed by atoms with van der Waals surface area (Å²) >= 11 is 0. The van der Waals surface area contributed by atoms with Gasteiger partial charge in [0.25, 0.3) is 0 Å². The summed E-state index contributed by atoms with van der Waals surface area (Å²) < 4.78 is 5.57. The third-order valence-corrected chi connectivity index (χ3v) is 3.58. The van der Waals surface area contributed by atoms with E-state index in [0.717, 1.165) is 30.5 Å². The van der Waals surface area contributed by atoms with Gasteiger partial charge in [-0.2, -0.15) is 0 Å². The Morgan fingerprint density at radius 3 is 2.65 bits per heavy atom. The zero-order chi connectivity index (χ0) is 13.8. The van der Waals surface area contributed by atoms with Gasteiger partial charge in [-0.25, -0.2) is 4.79 Å². The van der Waals surface area contributed by atoms with E-state index in [1.807, 2.05) is 42.5 Å². The van der Waals surface area contributed by atoms with Crippen LogP contribution in [0.25, 0.3) is 0 Å². The summed E-state index contributed by atoms with van der Waals surface area (Å²) in [6, 6.07) is 17.5. The van der Waals surface area contributed by atoms with Gasteiger partial charge in [0.2, 0.25) is 0 Å². The molecule has 20 heavy (non-hydrogen) atoms. The molecule has 0 saturated heterocycles. The first kappa shape index (κ1) is 12.7. The molecule has 0 aromatic heterocycles. The lowest BCUT2D eigenvalue weighted by atomic mass is 9.89. The lowest BCUT2D eigenvalue weighted by molar-refractivity contribution is 0.0999.